The van der Waals surface area contributed by atoms with Crippen LogP contribution in [0.2, 0.25) is 0 Å². The zero-order valence-corrected chi connectivity index (χ0v) is 12.2. The SMILES string of the molecule is CC(C)Oc1ccc(-c2nc3ccc(CN)cc3o2)cc1. The molecule has 0 saturated carbocycles. The van der Waals surface area contributed by atoms with Gasteiger partial charge < -0.3 is 14.9 Å². The Labute approximate surface area is 123 Å². The molecule has 2 aromatic carbocycles. The first kappa shape index (κ1) is 13.6. The summed E-state index contributed by atoms with van der Waals surface area (Å²) in [5.74, 6) is 1.45. The Morgan fingerprint density at radius 2 is 1.90 bits per heavy atom. The Morgan fingerprint density at radius 1 is 1.14 bits per heavy atom. The molecule has 0 amide bonds. The fraction of sp³-hybridized carbons (Fsp3) is 0.235. The molecule has 1 heterocycles. The van der Waals surface area contributed by atoms with Gasteiger partial charge in [-0.05, 0) is 55.8 Å². The van der Waals surface area contributed by atoms with Gasteiger partial charge in [0.1, 0.15) is 11.3 Å². The minimum Gasteiger partial charge on any atom is -0.491 e. The molecule has 21 heavy (non-hydrogen) atoms. The highest BCUT2D eigenvalue weighted by atomic mass is 16.5. The lowest BCUT2D eigenvalue weighted by Crippen LogP contribution is -2.05. The lowest BCUT2D eigenvalue weighted by molar-refractivity contribution is 0.242. The summed E-state index contributed by atoms with van der Waals surface area (Å²) in [4.78, 5) is 4.50. The van der Waals surface area contributed by atoms with Crippen LogP contribution in [0.4, 0.5) is 0 Å². The molecule has 0 atom stereocenters. The maximum absolute atomic E-state index is 5.81. The van der Waals surface area contributed by atoms with Crippen molar-refractivity contribution >= 4 is 11.1 Å². The Hall–Kier alpha value is -2.33. The van der Waals surface area contributed by atoms with Crippen LogP contribution < -0.4 is 10.5 Å². The number of rotatable bonds is 4. The van der Waals surface area contributed by atoms with E-state index in [9.17, 15) is 0 Å². The lowest BCUT2D eigenvalue weighted by Gasteiger charge is -2.09. The molecular formula is C17H18N2O2. The van der Waals surface area contributed by atoms with Crippen LogP contribution in [-0.2, 0) is 6.54 Å². The number of fused-ring (bicyclic) bond motifs is 1. The molecule has 0 fully saturated rings. The van der Waals surface area contributed by atoms with Crippen molar-refractivity contribution in [3.8, 4) is 17.2 Å². The smallest absolute Gasteiger partial charge is 0.227 e. The van der Waals surface area contributed by atoms with E-state index in [1.807, 2.05) is 56.3 Å². The third-order valence-corrected chi connectivity index (χ3v) is 3.16. The van der Waals surface area contributed by atoms with E-state index in [2.05, 4.69) is 4.98 Å². The second kappa shape index (κ2) is 5.58. The predicted molar refractivity (Wildman–Crippen MR) is 83.1 cm³/mol. The van der Waals surface area contributed by atoms with Crippen LogP contribution >= 0.6 is 0 Å². The van der Waals surface area contributed by atoms with Crippen molar-refractivity contribution in [2.75, 3.05) is 0 Å². The molecule has 1 aromatic heterocycles. The molecule has 0 saturated heterocycles. The molecule has 0 aliphatic carbocycles. The van der Waals surface area contributed by atoms with Crippen LogP contribution in [0.1, 0.15) is 19.4 Å². The van der Waals surface area contributed by atoms with Gasteiger partial charge in [0, 0.05) is 12.1 Å². The third kappa shape index (κ3) is 2.90. The van der Waals surface area contributed by atoms with E-state index < -0.39 is 0 Å². The number of ether oxygens (including phenoxy) is 1. The first-order valence-corrected chi connectivity index (χ1v) is 7.02. The van der Waals surface area contributed by atoms with E-state index in [-0.39, 0.29) is 6.10 Å². The quantitative estimate of drug-likeness (QED) is 0.791. The summed E-state index contributed by atoms with van der Waals surface area (Å²) in [6.45, 7) is 4.50. The summed E-state index contributed by atoms with van der Waals surface area (Å²) < 4.78 is 11.4. The van der Waals surface area contributed by atoms with E-state index in [1.165, 1.54) is 0 Å². The van der Waals surface area contributed by atoms with E-state index in [0.717, 1.165) is 28.0 Å². The Kier molecular flexibility index (Phi) is 3.62. The summed E-state index contributed by atoms with van der Waals surface area (Å²) in [6.07, 6.45) is 0.162. The second-order valence-corrected chi connectivity index (χ2v) is 5.22. The van der Waals surface area contributed by atoms with Gasteiger partial charge in [0.15, 0.2) is 5.58 Å². The highest BCUT2D eigenvalue weighted by Gasteiger charge is 2.09. The standard InChI is InChI=1S/C17H18N2O2/c1-11(2)20-14-6-4-13(5-7-14)17-19-15-8-3-12(10-18)9-16(15)21-17/h3-9,11H,10,18H2,1-2H3. The molecule has 0 spiro atoms. The van der Waals surface area contributed by atoms with Crippen LogP contribution in [0.25, 0.3) is 22.6 Å². The molecule has 0 unspecified atom stereocenters. The molecule has 0 aliphatic heterocycles. The van der Waals surface area contributed by atoms with Crippen molar-refractivity contribution in [2.45, 2.75) is 26.5 Å². The average molecular weight is 282 g/mol. The summed E-state index contributed by atoms with van der Waals surface area (Å²) in [6, 6.07) is 13.6. The fourth-order valence-electron chi connectivity index (χ4n) is 2.17. The molecule has 0 bridgehead atoms. The molecule has 2 N–H and O–H groups in total. The van der Waals surface area contributed by atoms with Crippen molar-refractivity contribution < 1.29 is 9.15 Å². The van der Waals surface area contributed by atoms with Crippen LogP contribution in [0.15, 0.2) is 46.9 Å². The summed E-state index contributed by atoms with van der Waals surface area (Å²) in [7, 11) is 0. The van der Waals surface area contributed by atoms with Gasteiger partial charge in [-0.1, -0.05) is 6.07 Å². The van der Waals surface area contributed by atoms with Gasteiger partial charge >= 0.3 is 0 Å². The van der Waals surface area contributed by atoms with Gasteiger partial charge in [0.2, 0.25) is 5.89 Å². The molecule has 3 aromatic rings. The maximum Gasteiger partial charge on any atom is 0.227 e. The molecule has 4 heteroatoms. The number of aromatic nitrogens is 1. The monoisotopic (exact) mass is 282 g/mol. The number of oxazole rings is 1. The second-order valence-electron chi connectivity index (χ2n) is 5.22. The fourth-order valence-corrected chi connectivity index (χ4v) is 2.17. The van der Waals surface area contributed by atoms with E-state index in [4.69, 9.17) is 14.9 Å². The van der Waals surface area contributed by atoms with Crippen LogP contribution in [0, 0.1) is 0 Å². The zero-order valence-electron chi connectivity index (χ0n) is 12.2. The third-order valence-electron chi connectivity index (χ3n) is 3.16. The number of hydrogen-bond acceptors (Lipinski definition) is 4. The molecular weight excluding hydrogens is 264 g/mol. The van der Waals surface area contributed by atoms with Crippen molar-refractivity contribution in [2.24, 2.45) is 5.73 Å². The van der Waals surface area contributed by atoms with Crippen molar-refractivity contribution in [1.29, 1.82) is 0 Å². The van der Waals surface area contributed by atoms with Crippen LogP contribution in [-0.4, -0.2) is 11.1 Å². The maximum atomic E-state index is 5.81. The number of nitrogens with two attached hydrogens (primary N) is 1. The van der Waals surface area contributed by atoms with E-state index in [1.54, 1.807) is 0 Å². The van der Waals surface area contributed by atoms with Gasteiger partial charge in [-0.25, -0.2) is 4.98 Å². The van der Waals surface area contributed by atoms with Gasteiger partial charge in [-0.15, -0.1) is 0 Å². The van der Waals surface area contributed by atoms with Gasteiger partial charge in [0.05, 0.1) is 6.10 Å². The van der Waals surface area contributed by atoms with Crippen molar-refractivity contribution in [1.82, 2.24) is 4.98 Å². The summed E-state index contributed by atoms with van der Waals surface area (Å²) >= 11 is 0. The lowest BCUT2D eigenvalue weighted by atomic mass is 10.2. The van der Waals surface area contributed by atoms with Gasteiger partial charge in [0.25, 0.3) is 0 Å². The molecule has 3 rings (SSSR count). The highest BCUT2D eigenvalue weighted by molar-refractivity contribution is 5.77. The van der Waals surface area contributed by atoms with E-state index in [0.29, 0.717) is 12.4 Å². The Balaban J connectivity index is 1.92. The Morgan fingerprint density at radius 3 is 2.57 bits per heavy atom. The zero-order chi connectivity index (χ0) is 14.8. The summed E-state index contributed by atoms with van der Waals surface area (Å²) in [5.41, 5.74) is 9.20. The molecule has 108 valence electrons. The van der Waals surface area contributed by atoms with E-state index >= 15 is 0 Å². The largest absolute Gasteiger partial charge is 0.491 e. The van der Waals surface area contributed by atoms with Crippen LogP contribution in [0.5, 0.6) is 5.75 Å². The highest BCUT2D eigenvalue weighted by Crippen LogP contribution is 2.26. The van der Waals surface area contributed by atoms with Crippen molar-refractivity contribution in [3.63, 3.8) is 0 Å². The molecule has 4 nitrogen and oxygen atoms in total. The summed E-state index contributed by atoms with van der Waals surface area (Å²) in [5, 5.41) is 0. The topological polar surface area (TPSA) is 61.3 Å². The first-order valence-electron chi connectivity index (χ1n) is 7.02. The first-order chi connectivity index (χ1) is 10.2. The molecule has 0 aliphatic rings. The normalized spacial score (nSPS) is 11.2. The molecule has 0 radical (unpaired) electrons. The minimum absolute atomic E-state index is 0.162. The number of nitrogens with zero attached hydrogens (tertiary/aromatic N) is 1. The van der Waals surface area contributed by atoms with Gasteiger partial charge in [-0.3, -0.25) is 0 Å². The number of benzene rings is 2. The Bertz CT molecular complexity index is 745. The average Bonchev–Trinajstić information content (AvgIpc) is 2.90. The van der Waals surface area contributed by atoms with Gasteiger partial charge in [-0.2, -0.15) is 0 Å². The van der Waals surface area contributed by atoms with Crippen LogP contribution in [0.3, 0.4) is 0 Å². The number of hydrogen-bond donors (Lipinski definition) is 1. The van der Waals surface area contributed by atoms with Crippen molar-refractivity contribution in [3.05, 3.63) is 48.0 Å². The minimum atomic E-state index is 0.162. The predicted octanol–water partition coefficient (Wildman–Crippen LogP) is 3.74.